The molecule has 2 nitrogen and oxygen atoms in total. The van der Waals surface area contributed by atoms with E-state index in [4.69, 9.17) is 17.4 Å². The van der Waals surface area contributed by atoms with Crippen LogP contribution < -0.4 is 11.3 Å². The number of nitrogens with two attached hydrogens (primary N) is 1. The van der Waals surface area contributed by atoms with Crippen LogP contribution in [0.1, 0.15) is 22.7 Å². The zero-order chi connectivity index (χ0) is 14.0. The van der Waals surface area contributed by atoms with Crippen molar-refractivity contribution in [2.75, 3.05) is 0 Å². The topological polar surface area (TPSA) is 38.0 Å². The molecule has 0 aliphatic rings. The number of aryl methyl sites for hydroxylation is 1. The van der Waals surface area contributed by atoms with Gasteiger partial charge in [0.2, 0.25) is 0 Å². The van der Waals surface area contributed by atoms with Gasteiger partial charge in [-0.25, -0.2) is 14.2 Å². The molecule has 5 heteroatoms. The molecule has 0 aromatic heterocycles. The molecule has 0 amide bonds. The number of rotatable bonds is 3. The second-order valence-corrected chi connectivity index (χ2v) is 4.68. The second-order valence-electron chi connectivity index (χ2n) is 4.24. The molecular formula is C14H13ClF2N2. The van der Waals surface area contributed by atoms with Gasteiger partial charge in [-0.3, -0.25) is 5.84 Å². The third kappa shape index (κ3) is 2.76. The maximum atomic E-state index is 13.9. The molecule has 0 fully saturated rings. The van der Waals surface area contributed by atoms with E-state index >= 15 is 0 Å². The Balaban J connectivity index is 2.56. The fourth-order valence-electron chi connectivity index (χ4n) is 2.01. The standard InChI is InChI=1S/C14H13ClF2N2/c1-8-5-6-9(15)7-11(8)14(19-18)10-3-2-4-12(16)13(10)17/h2-7,14,19H,18H2,1H3. The van der Waals surface area contributed by atoms with Crippen molar-refractivity contribution in [1.29, 1.82) is 0 Å². The lowest BCUT2D eigenvalue weighted by Gasteiger charge is -2.20. The molecule has 1 atom stereocenters. The molecule has 2 aromatic carbocycles. The van der Waals surface area contributed by atoms with Gasteiger partial charge in [-0.15, -0.1) is 0 Å². The molecule has 0 aliphatic heterocycles. The first kappa shape index (κ1) is 13.9. The zero-order valence-corrected chi connectivity index (χ0v) is 11.0. The summed E-state index contributed by atoms with van der Waals surface area (Å²) in [6.07, 6.45) is 0. The summed E-state index contributed by atoms with van der Waals surface area (Å²) >= 11 is 5.94. The van der Waals surface area contributed by atoms with Crippen molar-refractivity contribution in [3.8, 4) is 0 Å². The Morgan fingerprint density at radius 1 is 1.16 bits per heavy atom. The normalized spacial score (nSPS) is 12.5. The van der Waals surface area contributed by atoms with Crippen molar-refractivity contribution >= 4 is 11.6 Å². The first-order valence-corrected chi connectivity index (χ1v) is 6.08. The highest BCUT2D eigenvalue weighted by Crippen LogP contribution is 2.29. The number of nitrogens with one attached hydrogen (secondary N) is 1. The van der Waals surface area contributed by atoms with Crippen LogP contribution in [0.25, 0.3) is 0 Å². The summed E-state index contributed by atoms with van der Waals surface area (Å²) in [5.41, 5.74) is 4.24. The first-order chi connectivity index (χ1) is 9.04. The molecule has 0 heterocycles. The summed E-state index contributed by atoms with van der Waals surface area (Å²) in [7, 11) is 0. The predicted molar refractivity (Wildman–Crippen MR) is 71.7 cm³/mol. The minimum absolute atomic E-state index is 0.146. The molecule has 19 heavy (non-hydrogen) atoms. The molecule has 3 N–H and O–H groups in total. The van der Waals surface area contributed by atoms with Crippen LogP contribution in [0.4, 0.5) is 8.78 Å². The Bertz CT molecular complexity index is 600. The van der Waals surface area contributed by atoms with E-state index in [1.165, 1.54) is 12.1 Å². The zero-order valence-electron chi connectivity index (χ0n) is 10.3. The number of hydrogen-bond acceptors (Lipinski definition) is 2. The Kier molecular flexibility index (Phi) is 4.14. The Hall–Kier alpha value is -1.49. The number of halogens is 3. The van der Waals surface area contributed by atoms with Crippen LogP contribution in [0.2, 0.25) is 5.02 Å². The number of benzene rings is 2. The highest BCUT2D eigenvalue weighted by atomic mass is 35.5. The quantitative estimate of drug-likeness (QED) is 0.668. The van der Waals surface area contributed by atoms with Crippen LogP contribution >= 0.6 is 11.6 Å². The van der Waals surface area contributed by atoms with E-state index in [2.05, 4.69) is 5.43 Å². The smallest absolute Gasteiger partial charge is 0.163 e. The van der Waals surface area contributed by atoms with E-state index in [1.54, 1.807) is 18.2 Å². The van der Waals surface area contributed by atoms with Crippen LogP contribution in [0.3, 0.4) is 0 Å². The molecule has 0 bridgehead atoms. The van der Waals surface area contributed by atoms with Crippen LogP contribution in [0.5, 0.6) is 0 Å². The summed E-state index contributed by atoms with van der Waals surface area (Å²) < 4.78 is 27.2. The van der Waals surface area contributed by atoms with Crippen molar-refractivity contribution in [1.82, 2.24) is 5.43 Å². The minimum atomic E-state index is -0.912. The van der Waals surface area contributed by atoms with Crippen molar-refractivity contribution in [3.63, 3.8) is 0 Å². The fraction of sp³-hybridized carbons (Fsp3) is 0.143. The summed E-state index contributed by atoms with van der Waals surface area (Å²) in [4.78, 5) is 0. The Morgan fingerprint density at radius 2 is 1.89 bits per heavy atom. The van der Waals surface area contributed by atoms with Gasteiger partial charge in [0.25, 0.3) is 0 Å². The molecule has 0 aliphatic carbocycles. The SMILES string of the molecule is Cc1ccc(Cl)cc1C(NN)c1cccc(F)c1F. The van der Waals surface area contributed by atoms with Gasteiger partial charge >= 0.3 is 0 Å². The average Bonchev–Trinajstić information content (AvgIpc) is 2.39. The molecule has 0 saturated heterocycles. The second kappa shape index (κ2) is 5.65. The maximum Gasteiger partial charge on any atom is 0.163 e. The lowest BCUT2D eigenvalue weighted by Crippen LogP contribution is -2.30. The van der Waals surface area contributed by atoms with Gasteiger partial charge in [0.1, 0.15) is 0 Å². The maximum absolute atomic E-state index is 13.9. The van der Waals surface area contributed by atoms with Crippen LogP contribution in [0, 0.1) is 18.6 Å². The van der Waals surface area contributed by atoms with Crippen LogP contribution in [0.15, 0.2) is 36.4 Å². The monoisotopic (exact) mass is 282 g/mol. The predicted octanol–water partition coefficient (Wildman–Crippen LogP) is 3.48. The molecule has 1 unspecified atom stereocenters. The van der Waals surface area contributed by atoms with Crippen molar-refractivity contribution in [2.24, 2.45) is 5.84 Å². The highest BCUT2D eigenvalue weighted by molar-refractivity contribution is 6.30. The number of hydrogen-bond donors (Lipinski definition) is 2. The van der Waals surface area contributed by atoms with E-state index in [-0.39, 0.29) is 5.56 Å². The summed E-state index contributed by atoms with van der Waals surface area (Å²) in [6, 6.07) is 8.56. The molecular weight excluding hydrogens is 270 g/mol. The van der Waals surface area contributed by atoms with Gasteiger partial charge in [0.15, 0.2) is 11.6 Å². The first-order valence-electron chi connectivity index (χ1n) is 5.70. The van der Waals surface area contributed by atoms with Gasteiger partial charge in [-0.2, -0.15) is 0 Å². The lowest BCUT2D eigenvalue weighted by molar-refractivity contribution is 0.482. The summed E-state index contributed by atoms with van der Waals surface area (Å²) in [5, 5.41) is 0.512. The summed E-state index contributed by atoms with van der Waals surface area (Å²) in [5.74, 6) is 3.68. The van der Waals surface area contributed by atoms with E-state index in [0.717, 1.165) is 11.6 Å². The van der Waals surface area contributed by atoms with E-state index in [9.17, 15) is 8.78 Å². The van der Waals surface area contributed by atoms with Crippen molar-refractivity contribution in [3.05, 3.63) is 69.7 Å². The van der Waals surface area contributed by atoms with E-state index in [1.807, 2.05) is 6.92 Å². The lowest BCUT2D eigenvalue weighted by atomic mass is 9.95. The molecule has 100 valence electrons. The van der Waals surface area contributed by atoms with Gasteiger partial charge in [0.05, 0.1) is 6.04 Å². The Labute approximate surface area is 115 Å². The third-order valence-electron chi connectivity index (χ3n) is 3.01. The van der Waals surface area contributed by atoms with E-state index in [0.29, 0.717) is 10.6 Å². The van der Waals surface area contributed by atoms with Gasteiger partial charge in [-0.1, -0.05) is 29.8 Å². The van der Waals surface area contributed by atoms with Crippen molar-refractivity contribution < 1.29 is 8.78 Å². The number of hydrazine groups is 1. The Morgan fingerprint density at radius 3 is 2.58 bits per heavy atom. The molecule has 0 saturated carbocycles. The summed E-state index contributed by atoms with van der Waals surface area (Å²) in [6.45, 7) is 1.85. The van der Waals surface area contributed by atoms with Gasteiger partial charge in [-0.05, 0) is 36.2 Å². The van der Waals surface area contributed by atoms with Crippen LogP contribution in [-0.4, -0.2) is 0 Å². The molecule has 0 spiro atoms. The third-order valence-corrected chi connectivity index (χ3v) is 3.25. The van der Waals surface area contributed by atoms with Crippen molar-refractivity contribution in [2.45, 2.75) is 13.0 Å². The minimum Gasteiger partial charge on any atom is -0.271 e. The fourth-order valence-corrected chi connectivity index (χ4v) is 2.19. The average molecular weight is 283 g/mol. The molecule has 0 radical (unpaired) electrons. The molecule has 2 rings (SSSR count). The van der Waals surface area contributed by atoms with Crippen LogP contribution in [-0.2, 0) is 0 Å². The van der Waals surface area contributed by atoms with E-state index < -0.39 is 17.7 Å². The largest absolute Gasteiger partial charge is 0.271 e. The highest BCUT2D eigenvalue weighted by Gasteiger charge is 2.20. The molecule has 2 aromatic rings. The van der Waals surface area contributed by atoms with Gasteiger partial charge < -0.3 is 0 Å². The van der Waals surface area contributed by atoms with Gasteiger partial charge in [0, 0.05) is 10.6 Å².